The molecule has 23 heavy (non-hydrogen) atoms. The van der Waals surface area contributed by atoms with Crippen molar-refractivity contribution >= 4 is 16.9 Å². The molecule has 1 amide bonds. The second-order valence-corrected chi connectivity index (χ2v) is 5.62. The molecule has 7 nitrogen and oxygen atoms in total. The van der Waals surface area contributed by atoms with Crippen LogP contribution in [-0.4, -0.2) is 45.3 Å². The highest BCUT2D eigenvalue weighted by Gasteiger charge is 2.22. The molecule has 3 N–H and O–H groups in total. The number of nitrogens with zero attached hydrogens (tertiary/aromatic N) is 2. The fourth-order valence-electron chi connectivity index (χ4n) is 2.82. The van der Waals surface area contributed by atoms with Gasteiger partial charge in [-0.15, -0.1) is 0 Å². The Kier molecular flexibility index (Phi) is 3.55. The van der Waals surface area contributed by atoms with E-state index in [1.165, 1.54) is 6.20 Å². The second-order valence-electron chi connectivity index (χ2n) is 5.62. The molecule has 3 heterocycles. The number of carbonyl (C=O) groups excluding carboxylic acids is 1. The van der Waals surface area contributed by atoms with E-state index in [1.54, 1.807) is 0 Å². The zero-order chi connectivity index (χ0) is 15.6. The third kappa shape index (κ3) is 2.70. The predicted octanol–water partition coefficient (Wildman–Crippen LogP) is 1.86. The number of para-hydroxylation sites is 2. The van der Waals surface area contributed by atoms with Crippen LogP contribution in [0.15, 0.2) is 30.5 Å². The van der Waals surface area contributed by atoms with Gasteiger partial charge in [-0.2, -0.15) is 5.10 Å². The molecule has 1 saturated heterocycles. The van der Waals surface area contributed by atoms with E-state index in [-0.39, 0.29) is 11.9 Å². The Morgan fingerprint density at radius 2 is 2.09 bits per heavy atom. The lowest BCUT2D eigenvalue weighted by molar-refractivity contribution is 0.0697. The molecule has 0 unspecified atom stereocenters. The zero-order valence-electron chi connectivity index (χ0n) is 12.5. The number of nitrogens with one attached hydrogen (secondary N) is 3. The molecule has 4 rings (SSSR count). The Morgan fingerprint density at radius 1 is 1.26 bits per heavy atom. The molecule has 0 saturated carbocycles. The monoisotopic (exact) mass is 311 g/mol. The zero-order valence-corrected chi connectivity index (χ0v) is 12.5. The summed E-state index contributed by atoms with van der Waals surface area (Å²) < 4.78 is 5.31. The number of amides is 1. The maximum atomic E-state index is 12.5. The highest BCUT2D eigenvalue weighted by molar-refractivity contribution is 5.99. The van der Waals surface area contributed by atoms with Crippen molar-refractivity contribution in [3.63, 3.8) is 0 Å². The summed E-state index contributed by atoms with van der Waals surface area (Å²) in [7, 11) is 0. The molecule has 0 spiro atoms. The Labute approximate surface area is 132 Å². The van der Waals surface area contributed by atoms with Gasteiger partial charge in [0.25, 0.3) is 5.91 Å². The summed E-state index contributed by atoms with van der Waals surface area (Å²) in [6, 6.07) is 7.89. The van der Waals surface area contributed by atoms with Crippen molar-refractivity contribution in [2.75, 3.05) is 13.2 Å². The van der Waals surface area contributed by atoms with E-state index in [2.05, 4.69) is 25.5 Å². The molecule has 3 aromatic rings. The summed E-state index contributed by atoms with van der Waals surface area (Å²) in [5.41, 5.74) is 2.88. The van der Waals surface area contributed by atoms with Crippen LogP contribution in [0.25, 0.3) is 22.6 Å². The van der Waals surface area contributed by atoms with E-state index in [9.17, 15) is 4.79 Å². The Bertz CT molecular complexity index is 799. The highest BCUT2D eigenvalue weighted by atomic mass is 16.5. The first-order valence-electron chi connectivity index (χ1n) is 7.68. The first kappa shape index (κ1) is 14.0. The molecular formula is C16H17N5O2. The number of hydrogen-bond donors (Lipinski definition) is 3. The number of hydrogen-bond acceptors (Lipinski definition) is 4. The van der Waals surface area contributed by atoms with E-state index in [4.69, 9.17) is 4.74 Å². The second kappa shape index (κ2) is 5.85. The largest absolute Gasteiger partial charge is 0.381 e. The number of aromatic nitrogens is 4. The standard InChI is InChI=1S/C16H17N5O2/c22-16(18-10-5-7-23-8-6-10)11-9-17-21-14(11)15-19-12-3-1-2-4-13(12)20-15/h1-4,9-10H,5-8H2,(H,17,21)(H,18,22)(H,19,20). The number of fused-ring (bicyclic) bond motifs is 1. The van der Waals surface area contributed by atoms with Gasteiger partial charge in [-0.1, -0.05) is 12.1 Å². The van der Waals surface area contributed by atoms with Crippen molar-refractivity contribution in [1.29, 1.82) is 0 Å². The van der Waals surface area contributed by atoms with Crippen LogP contribution in [0.4, 0.5) is 0 Å². The maximum absolute atomic E-state index is 12.5. The minimum Gasteiger partial charge on any atom is -0.381 e. The normalized spacial score (nSPS) is 15.8. The molecule has 1 aromatic carbocycles. The van der Waals surface area contributed by atoms with Crippen molar-refractivity contribution in [2.24, 2.45) is 0 Å². The topological polar surface area (TPSA) is 95.7 Å². The molecule has 1 aliphatic heterocycles. The van der Waals surface area contributed by atoms with Crippen molar-refractivity contribution < 1.29 is 9.53 Å². The summed E-state index contributed by atoms with van der Waals surface area (Å²) in [6.07, 6.45) is 3.21. The predicted molar refractivity (Wildman–Crippen MR) is 85.0 cm³/mol. The average molecular weight is 311 g/mol. The molecule has 118 valence electrons. The number of H-pyrrole nitrogens is 2. The molecule has 2 aromatic heterocycles. The van der Waals surface area contributed by atoms with Crippen LogP contribution < -0.4 is 5.32 Å². The Balaban J connectivity index is 1.61. The molecule has 7 heteroatoms. The number of imidazole rings is 1. The van der Waals surface area contributed by atoms with Crippen LogP contribution in [0.3, 0.4) is 0 Å². The first-order chi connectivity index (χ1) is 11.3. The van der Waals surface area contributed by atoms with Crippen LogP contribution in [0.2, 0.25) is 0 Å². The van der Waals surface area contributed by atoms with E-state index in [0.29, 0.717) is 30.3 Å². The smallest absolute Gasteiger partial charge is 0.255 e. The average Bonchev–Trinajstić information content (AvgIpc) is 3.22. The lowest BCUT2D eigenvalue weighted by atomic mass is 10.1. The Morgan fingerprint density at radius 3 is 2.91 bits per heavy atom. The summed E-state index contributed by atoms with van der Waals surface area (Å²) in [6.45, 7) is 1.37. The molecule has 0 bridgehead atoms. The van der Waals surface area contributed by atoms with Gasteiger partial charge in [-0.25, -0.2) is 4.98 Å². The fourth-order valence-corrected chi connectivity index (χ4v) is 2.82. The first-order valence-corrected chi connectivity index (χ1v) is 7.68. The van der Waals surface area contributed by atoms with Gasteiger partial charge >= 0.3 is 0 Å². The lowest BCUT2D eigenvalue weighted by Gasteiger charge is -2.22. The molecule has 1 fully saturated rings. The van der Waals surface area contributed by atoms with Gasteiger partial charge in [-0.3, -0.25) is 9.89 Å². The summed E-state index contributed by atoms with van der Waals surface area (Å²) in [5.74, 6) is 0.474. The van der Waals surface area contributed by atoms with Gasteiger partial charge in [0.15, 0.2) is 5.82 Å². The molecule has 0 aliphatic carbocycles. The van der Waals surface area contributed by atoms with Crippen LogP contribution in [0.1, 0.15) is 23.2 Å². The van der Waals surface area contributed by atoms with E-state index in [0.717, 1.165) is 23.9 Å². The molecular weight excluding hydrogens is 294 g/mol. The lowest BCUT2D eigenvalue weighted by Crippen LogP contribution is -2.38. The van der Waals surface area contributed by atoms with Gasteiger partial charge in [0, 0.05) is 19.3 Å². The van der Waals surface area contributed by atoms with Crippen LogP contribution in [0.5, 0.6) is 0 Å². The van der Waals surface area contributed by atoms with E-state index in [1.807, 2.05) is 24.3 Å². The van der Waals surface area contributed by atoms with Crippen LogP contribution in [0, 0.1) is 0 Å². The summed E-state index contributed by atoms with van der Waals surface area (Å²) >= 11 is 0. The van der Waals surface area contributed by atoms with Gasteiger partial charge in [0.2, 0.25) is 0 Å². The van der Waals surface area contributed by atoms with Gasteiger partial charge < -0.3 is 15.0 Å². The number of rotatable bonds is 3. The summed E-state index contributed by atoms with van der Waals surface area (Å²) in [4.78, 5) is 20.3. The number of ether oxygens (including phenoxy) is 1. The van der Waals surface area contributed by atoms with Gasteiger partial charge in [0.1, 0.15) is 5.69 Å². The van der Waals surface area contributed by atoms with E-state index < -0.39 is 0 Å². The number of aromatic amines is 2. The fraction of sp³-hybridized carbons (Fsp3) is 0.312. The number of carbonyl (C=O) groups is 1. The van der Waals surface area contributed by atoms with Gasteiger partial charge in [0.05, 0.1) is 22.8 Å². The van der Waals surface area contributed by atoms with Gasteiger partial charge in [-0.05, 0) is 25.0 Å². The SMILES string of the molecule is O=C(NC1CCOCC1)c1cn[nH]c1-c1nc2ccccc2[nH]1. The van der Waals surface area contributed by atoms with Crippen molar-refractivity contribution in [1.82, 2.24) is 25.5 Å². The molecule has 0 atom stereocenters. The molecule has 0 radical (unpaired) electrons. The molecule has 1 aliphatic rings. The van der Waals surface area contributed by atoms with Crippen LogP contribution >= 0.6 is 0 Å². The van der Waals surface area contributed by atoms with E-state index >= 15 is 0 Å². The van der Waals surface area contributed by atoms with Crippen molar-refractivity contribution in [2.45, 2.75) is 18.9 Å². The third-order valence-electron chi connectivity index (χ3n) is 4.07. The highest BCUT2D eigenvalue weighted by Crippen LogP contribution is 2.22. The minimum atomic E-state index is -0.138. The van der Waals surface area contributed by atoms with Crippen molar-refractivity contribution in [3.05, 3.63) is 36.0 Å². The quantitative estimate of drug-likeness (QED) is 0.688. The Hall–Kier alpha value is -2.67. The van der Waals surface area contributed by atoms with Crippen LogP contribution in [-0.2, 0) is 4.74 Å². The minimum absolute atomic E-state index is 0.138. The summed E-state index contributed by atoms with van der Waals surface area (Å²) in [5, 5.41) is 9.93. The van der Waals surface area contributed by atoms with Crippen molar-refractivity contribution in [3.8, 4) is 11.5 Å². The third-order valence-corrected chi connectivity index (χ3v) is 4.07. The maximum Gasteiger partial charge on any atom is 0.255 e. The number of benzene rings is 1.